The summed E-state index contributed by atoms with van der Waals surface area (Å²) in [5, 5.41) is 2.72. The molecule has 1 aliphatic heterocycles. The SMILES string of the molecule is COc1cc2c(=O)n(CCN(C)C(C)=O)c3c4cc5c(cc4ncc3c2cc1OC)OCO5. The van der Waals surface area contributed by atoms with Crippen LogP contribution in [0, 0.1) is 0 Å². The lowest BCUT2D eigenvalue weighted by atomic mass is 10.0. The normalized spacial score (nSPS) is 12.5. The fraction of sp³-hybridized carbons (Fsp3) is 0.292. The maximum Gasteiger partial charge on any atom is 0.259 e. The minimum Gasteiger partial charge on any atom is -0.493 e. The number of carbonyl (C=O) groups excluding carboxylic acids is 1. The number of amides is 1. The van der Waals surface area contributed by atoms with Gasteiger partial charge in [0.05, 0.1) is 30.6 Å². The number of nitrogens with zero attached hydrogens (tertiary/aromatic N) is 3. The number of rotatable bonds is 5. The summed E-state index contributed by atoms with van der Waals surface area (Å²) in [5.74, 6) is 2.13. The largest absolute Gasteiger partial charge is 0.493 e. The fourth-order valence-electron chi connectivity index (χ4n) is 4.20. The summed E-state index contributed by atoms with van der Waals surface area (Å²) in [4.78, 5) is 31.8. The molecule has 3 heterocycles. The van der Waals surface area contributed by atoms with Gasteiger partial charge in [-0.25, -0.2) is 0 Å². The molecule has 4 aromatic rings. The summed E-state index contributed by atoms with van der Waals surface area (Å²) in [6.07, 6.45) is 1.75. The molecule has 9 heteroatoms. The number of pyridine rings is 2. The molecule has 0 bridgehead atoms. The highest BCUT2D eigenvalue weighted by Gasteiger charge is 2.21. The Morgan fingerprint density at radius 3 is 2.36 bits per heavy atom. The van der Waals surface area contributed by atoms with Crippen LogP contribution >= 0.6 is 0 Å². The van der Waals surface area contributed by atoms with E-state index in [1.54, 1.807) is 42.0 Å². The van der Waals surface area contributed by atoms with Crippen LogP contribution in [-0.2, 0) is 11.3 Å². The summed E-state index contributed by atoms with van der Waals surface area (Å²) >= 11 is 0. The lowest BCUT2D eigenvalue weighted by molar-refractivity contribution is -0.127. The molecular formula is C24H23N3O6. The quantitative estimate of drug-likeness (QED) is 0.433. The van der Waals surface area contributed by atoms with Crippen molar-refractivity contribution in [3.63, 3.8) is 0 Å². The molecule has 0 fully saturated rings. The van der Waals surface area contributed by atoms with Crippen molar-refractivity contribution in [1.82, 2.24) is 14.5 Å². The van der Waals surface area contributed by atoms with Crippen LogP contribution in [0.2, 0.25) is 0 Å². The molecule has 5 rings (SSSR count). The number of methoxy groups -OCH3 is 2. The van der Waals surface area contributed by atoms with Crippen molar-refractivity contribution in [3.05, 3.63) is 40.8 Å². The zero-order valence-electron chi connectivity index (χ0n) is 18.8. The van der Waals surface area contributed by atoms with Crippen LogP contribution in [0.5, 0.6) is 23.0 Å². The average Bonchev–Trinajstić information content (AvgIpc) is 3.28. The molecule has 0 N–H and O–H groups in total. The third kappa shape index (κ3) is 3.27. The summed E-state index contributed by atoms with van der Waals surface area (Å²) in [7, 11) is 4.80. The molecule has 9 nitrogen and oxygen atoms in total. The minimum absolute atomic E-state index is 0.0746. The number of carbonyl (C=O) groups is 1. The Hall–Kier alpha value is -4.01. The van der Waals surface area contributed by atoms with Crippen LogP contribution in [0.15, 0.2) is 35.3 Å². The predicted octanol–water partition coefficient (Wildman–Crippen LogP) is 2.93. The van der Waals surface area contributed by atoms with Gasteiger partial charge in [-0.3, -0.25) is 14.6 Å². The zero-order chi connectivity index (χ0) is 23.3. The Balaban J connectivity index is 1.89. The van der Waals surface area contributed by atoms with Crippen molar-refractivity contribution in [2.24, 2.45) is 0 Å². The van der Waals surface area contributed by atoms with Crippen molar-refractivity contribution in [1.29, 1.82) is 0 Å². The van der Waals surface area contributed by atoms with E-state index in [2.05, 4.69) is 4.98 Å². The first-order valence-corrected chi connectivity index (χ1v) is 10.4. The average molecular weight is 449 g/mol. The first-order chi connectivity index (χ1) is 15.9. The fourth-order valence-corrected chi connectivity index (χ4v) is 4.20. The van der Waals surface area contributed by atoms with E-state index in [0.717, 1.165) is 10.8 Å². The standard InChI is InChI=1S/C24H23N3O6/c1-13(28)26(2)5-6-27-23-16-9-21-22(33-12-32-21)10-18(16)25-11-17(23)14-7-19(30-3)20(31-4)8-15(14)24(27)29/h7-11H,5-6,12H2,1-4H3. The van der Waals surface area contributed by atoms with E-state index < -0.39 is 0 Å². The molecule has 33 heavy (non-hydrogen) atoms. The summed E-state index contributed by atoms with van der Waals surface area (Å²) in [6.45, 7) is 2.32. The van der Waals surface area contributed by atoms with Crippen molar-refractivity contribution < 1.29 is 23.7 Å². The molecule has 0 saturated heterocycles. The first kappa shape index (κ1) is 20.9. The number of ether oxygens (including phenoxy) is 4. The van der Waals surface area contributed by atoms with Crippen LogP contribution in [0.3, 0.4) is 0 Å². The molecule has 0 saturated carbocycles. The molecule has 0 spiro atoms. The summed E-state index contributed by atoms with van der Waals surface area (Å²) in [6, 6.07) is 7.14. The minimum atomic E-state index is -0.194. The van der Waals surface area contributed by atoms with Gasteiger partial charge in [-0.05, 0) is 18.2 Å². The van der Waals surface area contributed by atoms with Gasteiger partial charge in [-0.2, -0.15) is 0 Å². The van der Waals surface area contributed by atoms with E-state index in [1.807, 2.05) is 12.1 Å². The van der Waals surface area contributed by atoms with Gasteiger partial charge >= 0.3 is 0 Å². The lowest BCUT2D eigenvalue weighted by Crippen LogP contribution is -2.31. The topological polar surface area (TPSA) is 92.1 Å². The molecule has 0 atom stereocenters. The maximum absolute atomic E-state index is 13.8. The number of benzene rings is 2. The van der Waals surface area contributed by atoms with Gasteiger partial charge in [0.1, 0.15) is 0 Å². The number of hydrogen-bond acceptors (Lipinski definition) is 7. The van der Waals surface area contributed by atoms with Crippen molar-refractivity contribution in [2.45, 2.75) is 13.5 Å². The van der Waals surface area contributed by atoms with Gasteiger partial charge in [0.15, 0.2) is 23.0 Å². The maximum atomic E-state index is 13.8. The third-order valence-electron chi connectivity index (χ3n) is 6.09. The Morgan fingerprint density at radius 2 is 1.70 bits per heavy atom. The molecule has 2 aromatic carbocycles. The summed E-state index contributed by atoms with van der Waals surface area (Å²) in [5.41, 5.74) is 1.19. The van der Waals surface area contributed by atoms with Crippen LogP contribution in [0.1, 0.15) is 6.92 Å². The smallest absolute Gasteiger partial charge is 0.259 e. The van der Waals surface area contributed by atoms with E-state index in [-0.39, 0.29) is 18.3 Å². The van der Waals surface area contributed by atoms with Gasteiger partial charge in [-0.1, -0.05) is 0 Å². The monoisotopic (exact) mass is 449 g/mol. The molecule has 170 valence electrons. The number of hydrogen-bond donors (Lipinski definition) is 0. The molecule has 1 amide bonds. The Labute approximate surface area is 189 Å². The van der Waals surface area contributed by atoms with Gasteiger partial charge in [0, 0.05) is 55.5 Å². The van der Waals surface area contributed by atoms with Gasteiger partial charge in [-0.15, -0.1) is 0 Å². The van der Waals surface area contributed by atoms with E-state index in [9.17, 15) is 9.59 Å². The van der Waals surface area contributed by atoms with E-state index in [1.165, 1.54) is 14.0 Å². The second-order valence-corrected chi connectivity index (χ2v) is 7.89. The Morgan fingerprint density at radius 1 is 1.03 bits per heavy atom. The lowest BCUT2D eigenvalue weighted by Gasteiger charge is -2.19. The third-order valence-corrected chi connectivity index (χ3v) is 6.09. The molecule has 1 aliphatic rings. The molecule has 0 radical (unpaired) electrons. The number of aromatic nitrogens is 2. The van der Waals surface area contributed by atoms with E-state index in [0.29, 0.717) is 57.9 Å². The van der Waals surface area contributed by atoms with Gasteiger partial charge in [0.2, 0.25) is 12.7 Å². The zero-order valence-corrected chi connectivity index (χ0v) is 18.8. The molecule has 2 aromatic heterocycles. The Kier molecular flexibility index (Phi) is 4.96. The predicted molar refractivity (Wildman–Crippen MR) is 124 cm³/mol. The van der Waals surface area contributed by atoms with E-state index >= 15 is 0 Å². The van der Waals surface area contributed by atoms with Crippen LogP contribution in [0.25, 0.3) is 32.6 Å². The summed E-state index contributed by atoms with van der Waals surface area (Å²) < 4.78 is 23.7. The van der Waals surface area contributed by atoms with Crippen LogP contribution in [-0.4, -0.2) is 55.0 Å². The second-order valence-electron chi connectivity index (χ2n) is 7.89. The van der Waals surface area contributed by atoms with Crippen molar-refractivity contribution >= 4 is 38.5 Å². The molecule has 0 unspecified atom stereocenters. The Bertz CT molecular complexity index is 1490. The highest BCUT2D eigenvalue weighted by atomic mass is 16.7. The number of fused-ring (bicyclic) bond motifs is 6. The van der Waals surface area contributed by atoms with Crippen LogP contribution < -0.4 is 24.5 Å². The first-order valence-electron chi connectivity index (χ1n) is 10.4. The van der Waals surface area contributed by atoms with Gasteiger partial charge in [0.25, 0.3) is 5.56 Å². The molecule has 0 aliphatic carbocycles. The number of likely N-dealkylation sites (N-methyl/N-ethyl adjacent to an activating group) is 1. The van der Waals surface area contributed by atoms with Gasteiger partial charge < -0.3 is 28.4 Å². The van der Waals surface area contributed by atoms with E-state index in [4.69, 9.17) is 18.9 Å². The van der Waals surface area contributed by atoms with Crippen molar-refractivity contribution in [3.8, 4) is 23.0 Å². The highest BCUT2D eigenvalue weighted by molar-refractivity contribution is 6.15. The highest BCUT2D eigenvalue weighted by Crippen LogP contribution is 2.40. The van der Waals surface area contributed by atoms with Crippen LogP contribution in [0.4, 0.5) is 0 Å². The second kappa shape index (κ2) is 7.84. The van der Waals surface area contributed by atoms with Crippen molar-refractivity contribution in [2.75, 3.05) is 34.6 Å². The molecular weight excluding hydrogens is 426 g/mol.